The molecule has 0 aliphatic heterocycles. The van der Waals surface area contributed by atoms with Crippen LogP contribution in [0.3, 0.4) is 0 Å². The van der Waals surface area contributed by atoms with Gasteiger partial charge in [-0.3, -0.25) is 0 Å². The molecule has 2 aromatic carbocycles. The molecule has 0 spiro atoms. The Kier molecular flexibility index (Phi) is 4.92. The minimum Gasteiger partial charge on any atom is -0.454 e. The lowest BCUT2D eigenvalue weighted by Gasteiger charge is -2.16. The summed E-state index contributed by atoms with van der Waals surface area (Å²) in [5, 5.41) is 3.34. The summed E-state index contributed by atoms with van der Waals surface area (Å²) in [6, 6.07) is 20.7. The van der Waals surface area contributed by atoms with Crippen molar-refractivity contribution in [2.24, 2.45) is 0 Å². The van der Waals surface area contributed by atoms with Crippen LogP contribution in [0, 0.1) is 0 Å². The molecule has 134 valence electrons. The highest BCUT2D eigenvalue weighted by atomic mass is 35.5. The third-order valence-corrected chi connectivity index (χ3v) is 5.57. The molecule has 27 heavy (non-hydrogen) atoms. The van der Waals surface area contributed by atoms with E-state index < -0.39 is 6.10 Å². The molecule has 3 nitrogen and oxygen atoms in total. The van der Waals surface area contributed by atoms with E-state index in [4.69, 9.17) is 21.3 Å². The van der Waals surface area contributed by atoms with Gasteiger partial charge < -0.3 is 4.74 Å². The zero-order valence-electron chi connectivity index (χ0n) is 14.6. The first-order valence-electron chi connectivity index (χ1n) is 8.52. The highest BCUT2D eigenvalue weighted by molar-refractivity contribution is 7.13. The number of fused-ring (bicyclic) bond motifs is 1. The quantitative estimate of drug-likeness (QED) is 0.370. The molecule has 4 rings (SSSR count). The number of thiophene rings is 1. The molecule has 2 heterocycles. The van der Waals surface area contributed by atoms with E-state index in [2.05, 4.69) is 0 Å². The first-order valence-corrected chi connectivity index (χ1v) is 9.78. The maximum Gasteiger partial charge on any atom is 0.339 e. The number of carbonyl (C=O) groups excluding carboxylic acids is 1. The molecule has 0 amide bonds. The molecule has 0 unspecified atom stereocenters. The van der Waals surface area contributed by atoms with Gasteiger partial charge in [0.2, 0.25) is 0 Å². The van der Waals surface area contributed by atoms with Crippen LogP contribution >= 0.6 is 22.9 Å². The molecule has 1 atom stereocenters. The van der Waals surface area contributed by atoms with Crippen molar-refractivity contribution in [3.63, 3.8) is 0 Å². The Morgan fingerprint density at radius 2 is 1.85 bits per heavy atom. The van der Waals surface area contributed by atoms with Gasteiger partial charge in [0.05, 0.1) is 21.7 Å². The summed E-state index contributed by atoms with van der Waals surface area (Å²) in [5.74, 6) is -0.390. The molecule has 0 saturated carbocycles. The number of para-hydroxylation sites is 1. The van der Waals surface area contributed by atoms with Crippen molar-refractivity contribution in [3.05, 3.63) is 88.3 Å². The Morgan fingerprint density at radius 3 is 2.63 bits per heavy atom. The number of hydrogen-bond donors (Lipinski definition) is 0. The molecular formula is C22H16ClNO2S. The van der Waals surface area contributed by atoms with Crippen LogP contribution in [0.4, 0.5) is 0 Å². The fraction of sp³-hybridized carbons (Fsp3) is 0.0909. The number of hydrogen-bond acceptors (Lipinski definition) is 4. The van der Waals surface area contributed by atoms with E-state index in [0.717, 1.165) is 27.0 Å². The van der Waals surface area contributed by atoms with Crippen LogP contribution in [0.2, 0.25) is 5.02 Å². The van der Waals surface area contributed by atoms with E-state index in [-0.39, 0.29) is 5.97 Å². The predicted octanol–water partition coefficient (Wildman–Crippen LogP) is 6.53. The molecule has 2 aromatic heterocycles. The van der Waals surface area contributed by atoms with Crippen molar-refractivity contribution >= 4 is 39.8 Å². The summed E-state index contributed by atoms with van der Waals surface area (Å²) in [5.41, 5.74) is 2.81. The van der Waals surface area contributed by atoms with E-state index in [1.54, 1.807) is 23.5 Å². The van der Waals surface area contributed by atoms with Gasteiger partial charge in [-0.1, -0.05) is 54.1 Å². The summed E-state index contributed by atoms with van der Waals surface area (Å²) >= 11 is 7.82. The lowest BCUT2D eigenvalue weighted by Crippen LogP contribution is -2.10. The molecule has 0 fully saturated rings. The third kappa shape index (κ3) is 3.59. The van der Waals surface area contributed by atoms with Gasteiger partial charge in [-0.05, 0) is 36.6 Å². The van der Waals surface area contributed by atoms with Gasteiger partial charge in [-0.25, -0.2) is 9.78 Å². The van der Waals surface area contributed by atoms with Crippen LogP contribution in [-0.4, -0.2) is 11.0 Å². The molecule has 0 radical (unpaired) electrons. The summed E-state index contributed by atoms with van der Waals surface area (Å²) in [7, 11) is 0. The van der Waals surface area contributed by atoms with Crippen LogP contribution in [0.25, 0.3) is 21.5 Å². The van der Waals surface area contributed by atoms with Crippen molar-refractivity contribution in [3.8, 4) is 10.6 Å². The largest absolute Gasteiger partial charge is 0.454 e. The van der Waals surface area contributed by atoms with Gasteiger partial charge in [0.15, 0.2) is 0 Å². The maximum absolute atomic E-state index is 13.0. The fourth-order valence-electron chi connectivity index (χ4n) is 2.99. The molecule has 5 heteroatoms. The Bertz CT molecular complexity index is 1110. The zero-order chi connectivity index (χ0) is 18.8. The van der Waals surface area contributed by atoms with Crippen LogP contribution in [0.1, 0.15) is 28.9 Å². The van der Waals surface area contributed by atoms with Crippen molar-refractivity contribution in [2.45, 2.75) is 13.0 Å². The Balaban J connectivity index is 1.74. The van der Waals surface area contributed by atoms with E-state index in [1.165, 1.54) is 0 Å². The second kappa shape index (κ2) is 7.51. The Hall–Kier alpha value is -2.69. The molecule has 0 saturated heterocycles. The number of halogens is 1. The van der Waals surface area contributed by atoms with Crippen molar-refractivity contribution < 1.29 is 9.53 Å². The topological polar surface area (TPSA) is 39.2 Å². The van der Waals surface area contributed by atoms with E-state index in [1.807, 2.05) is 66.9 Å². The summed E-state index contributed by atoms with van der Waals surface area (Å²) in [6.07, 6.45) is -0.455. The van der Waals surface area contributed by atoms with Gasteiger partial charge in [0, 0.05) is 16.0 Å². The summed E-state index contributed by atoms with van der Waals surface area (Å²) in [4.78, 5) is 18.7. The molecule has 0 bridgehead atoms. The Labute approximate surface area is 166 Å². The molecule has 0 N–H and O–H groups in total. The van der Waals surface area contributed by atoms with Crippen LogP contribution < -0.4 is 0 Å². The van der Waals surface area contributed by atoms with Gasteiger partial charge in [-0.15, -0.1) is 11.3 Å². The second-order valence-electron chi connectivity index (χ2n) is 6.12. The van der Waals surface area contributed by atoms with Gasteiger partial charge in [-0.2, -0.15) is 0 Å². The normalized spacial score (nSPS) is 12.1. The van der Waals surface area contributed by atoms with E-state index in [9.17, 15) is 4.79 Å². The first-order chi connectivity index (χ1) is 13.1. The highest BCUT2D eigenvalue weighted by Gasteiger charge is 2.19. The van der Waals surface area contributed by atoms with Crippen molar-refractivity contribution in [1.29, 1.82) is 0 Å². The van der Waals surface area contributed by atoms with E-state index in [0.29, 0.717) is 10.6 Å². The number of esters is 1. The number of aromatic nitrogens is 1. The number of carbonyl (C=O) groups is 1. The number of pyridine rings is 1. The predicted molar refractivity (Wildman–Crippen MR) is 110 cm³/mol. The smallest absolute Gasteiger partial charge is 0.339 e. The Morgan fingerprint density at radius 1 is 1.07 bits per heavy atom. The zero-order valence-corrected chi connectivity index (χ0v) is 16.1. The van der Waals surface area contributed by atoms with E-state index >= 15 is 0 Å². The number of benzene rings is 2. The number of rotatable bonds is 4. The summed E-state index contributed by atoms with van der Waals surface area (Å²) < 4.78 is 5.74. The average molecular weight is 394 g/mol. The minimum atomic E-state index is -0.455. The standard InChI is InChI=1S/C22H16ClNO2S/c1-14(15-7-2-4-9-18(15)23)26-22(25)17-13-20(21-11-6-12-27-21)24-19-10-5-3-8-16(17)19/h2-14H,1H3/t14-/m1/s1. The molecule has 0 aliphatic rings. The minimum absolute atomic E-state index is 0.390. The van der Waals surface area contributed by atoms with Crippen LogP contribution in [0.5, 0.6) is 0 Å². The lowest BCUT2D eigenvalue weighted by molar-refractivity contribution is 0.0340. The monoisotopic (exact) mass is 393 g/mol. The SMILES string of the molecule is C[C@@H](OC(=O)c1cc(-c2cccs2)nc2ccccc12)c1ccccc1Cl. The van der Waals surface area contributed by atoms with Gasteiger partial charge in [0.1, 0.15) is 6.10 Å². The second-order valence-corrected chi connectivity index (χ2v) is 7.47. The lowest BCUT2D eigenvalue weighted by atomic mass is 10.1. The van der Waals surface area contributed by atoms with Crippen LogP contribution in [-0.2, 0) is 4.74 Å². The summed E-state index contributed by atoms with van der Waals surface area (Å²) in [6.45, 7) is 1.82. The van der Waals surface area contributed by atoms with Crippen LogP contribution in [0.15, 0.2) is 72.1 Å². The molecule has 4 aromatic rings. The van der Waals surface area contributed by atoms with Crippen molar-refractivity contribution in [2.75, 3.05) is 0 Å². The third-order valence-electron chi connectivity index (χ3n) is 4.34. The average Bonchev–Trinajstić information content (AvgIpc) is 3.22. The fourth-order valence-corrected chi connectivity index (χ4v) is 3.96. The van der Waals surface area contributed by atoms with Crippen molar-refractivity contribution in [1.82, 2.24) is 4.98 Å². The number of nitrogens with zero attached hydrogens (tertiary/aromatic N) is 1. The first kappa shape index (κ1) is 17.7. The van der Waals surface area contributed by atoms with Gasteiger partial charge >= 0.3 is 5.97 Å². The highest BCUT2D eigenvalue weighted by Crippen LogP contribution is 2.30. The van der Waals surface area contributed by atoms with Gasteiger partial charge in [0.25, 0.3) is 0 Å². The molecule has 0 aliphatic carbocycles. The molecular weight excluding hydrogens is 378 g/mol. The number of ether oxygens (including phenoxy) is 1. The maximum atomic E-state index is 13.0.